The number of carbonyl (C=O) groups excluding carboxylic acids is 2. The lowest BCUT2D eigenvalue weighted by atomic mass is 10.1. The molecular weight excluding hydrogens is 180 g/mol. The fourth-order valence-corrected chi connectivity index (χ4v) is 1.54. The van der Waals surface area contributed by atoms with E-state index in [2.05, 4.69) is 11.2 Å². The van der Waals surface area contributed by atoms with Crippen LogP contribution in [-0.4, -0.2) is 29.4 Å². The highest BCUT2D eigenvalue weighted by molar-refractivity contribution is 5.96. The topological polar surface area (TPSA) is 49.4 Å². The number of terminal acetylenes is 1. The highest BCUT2D eigenvalue weighted by Gasteiger charge is 2.27. The summed E-state index contributed by atoms with van der Waals surface area (Å²) in [6, 6.07) is -0.267. The Morgan fingerprint density at radius 3 is 2.86 bits per heavy atom. The van der Waals surface area contributed by atoms with E-state index in [1.807, 2.05) is 6.92 Å². The van der Waals surface area contributed by atoms with Crippen molar-refractivity contribution in [3.63, 3.8) is 0 Å². The van der Waals surface area contributed by atoms with Gasteiger partial charge in [0.1, 0.15) is 0 Å². The van der Waals surface area contributed by atoms with Gasteiger partial charge in [0.25, 0.3) is 0 Å². The van der Waals surface area contributed by atoms with Crippen molar-refractivity contribution in [2.45, 2.75) is 32.2 Å². The third-order valence-corrected chi connectivity index (χ3v) is 2.35. The second-order valence-electron chi connectivity index (χ2n) is 3.27. The van der Waals surface area contributed by atoms with Gasteiger partial charge in [-0.3, -0.25) is 10.1 Å². The molecule has 1 saturated heterocycles. The molecule has 4 heteroatoms. The molecule has 1 N–H and O–H groups in total. The normalized spacial score (nSPS) is 18.7. The van der Waals surface area contributed by atoms with Crippen LogP contribution >= 0.6 is 0 Å². The van der Waals surface area contributed by atoms with Crippen LogP contribution in [0, 0.1) is 12.3 Å². The molecule has 1 rings (SSSR count). The van der Waals surface area contributed by atoms with E-state index in [0.29, 0.717) is 19.4 Å². The minimum atomic E-state index is -0.316. The summed E-state index contributed by atoms with van der Waals surface area (Å²) < 4.78 is 0. The van der Waals surface area contributed by atoms with Gasteiger partial charge in [0.05, 0.1) is 0 Å². The average Bonchev–Trinajstić information content (AvgIpc) is 2.15. The molecule has 1 atom stereocenters. The molecule has 4 nitrogen and oxygen atoms in total. The molecule has 0 aromatic rings. The SMILES string of the molecule is C#CCC(CC)N1CCC(=O)NC1=O. The van der Waals surface area contributed by atoms with Crippen LogP contribution in [0.15, 0.2) is 0 Å². The zero-order valence-electron chi connectivity index (χ0n) is 8.25. The number of imide groups is 1. The summed E-state index contributed by atoms with van der Waals surface area (Å²) in [4.78, 5) is 23.9. The number of hydrogen-bond acceptors (Lipinski definition) is 2. The van der Waals surface area contributed by atoms with Gasteiger partial charge in [-0.1, -0.05) is 6.92 Å². The van der Waals surface area contributed by atoms with Gasteiger partial charge < -0.3 is 4.90 Å². The number of amides is 3. The smallest absolute Gasteiger partial charge is 0.320 e. The highest BCUT2D eigenvalue weighted by Crippen LogP contribution is 2.12. The van der Waals surface area contributed by atoms with Gasteiger partial charge in [-0.05, 0) is 6.42 Å². The van der Waals surface area contributed by atoms with Crippen molar-refractivity contribution in [1.29, 1.82) is 0 Å². The van der Waals surface area contributed by atoms with Crippen molar-refractivity contribution < 1.29 is 9.59 Å². The van der Waals surface area contributed by atoms with E-state index in [-0.39, 0.29) is 18.0 Å². The van der Waals surface area contributed by atoms with Crippen LogP contribution in [0.4, 0.5) is 4.79 Å². The maximum atomic E-state index is 11.4. The molecule has 1 aliphatic rings. The Balaban J connectivity index is 2.62. The molecule has 0 saturated carbocycles. The lowest BCUT2D eigenvalue weighted by Gasteiger charge is -2.32. The molecule has 0 aliphatic carbocycles. The minimum Gasteiger partial charge on any atom is -0.320 e. The summed E-state index contributed by atoms with van der Waals surface area (Å²) in [5.41, 5.74) is 0. The number of carbonyl (C=O) groups is 2. The van der Waals surface area contributed by atoms with Crippen molar-refractivity contribution in [3.8, 4) is 12.3 Å². The molecule has 1 aliphatic heterocycles. The van der Waals surface area contributed by atoms with Crippen LogP contribution in [0.2, 0.25) is 0 Å². The molecule has 1 unspecified atom stereocenters. The fraction of sp³-hybridized carbons (Fsp3) is 0.600. The number of rotatable bonds is 3. The van der Waals surface area contributed by atoms with E-state index in [4.69, 9.17) is 6.42 Å². The van der Waals surface area contributed by atoms with Crippen LogP contribution < -0.4 is 5.32 Å². The zero-order chi connectivity index (χ0) is 10.6. The first-order valence-corrected chi connectivity index (χ1v) is 4.73. The molecule has 0 bridgehead atoms. The summed E-state index contributed by atoms with van der Waals surface area (Å²) in [5, 5.41) is 2.28. The van der Waals surface area contributed by atoms with E-state index < -0.39 is 0 Å². The van der Waals surface area contributed by atoms with E-state index in [0.717, 1.165) is 6.42 Å². The Hall–Kier alpha value is -1.50. The molecule has 14 heavy (non-hydrogen) atoms. The van der Waals surface area contributed by atoms with Crippen LogP contribution in [0.5, 0.6) is 0 Å². The summed E-state index contributed by atoms with van der Waals surface area (Å²) in [6.45, 7) is 2.45. The summed E-state index contributed by atoms with van der Waals surface area (Å²) in [5.74, 6) is 2.33. The van der Waals surface area contributed by atoms with E-state index in [1.165, 1.54) is 0 Å². The summed E-state index contributed by atoms with van der Waals surface area (Å²) >= 11 is 0. The van der Waals surface area contributed by atoms with E-state index in [1.54, 1.807) is 4.90 Å². The highest BCUT2D eigenvalue weighted by atomic mass is 16.2. The van der Waals surface area contributed by atoms with Crippen molar-refractivity contribution in [1.82, 2.24) is 10.2 Å². The summed E-state index contributed by atoms with van der Waals surface area (Å²) in [6.07, 6.45) is 6.93. The number of urea groups is 1. The van der Waals surface area contributed by atoms with Crippen molar-refractivity contribution in [2.24, 2.45) is 0 Å². The quantitative estimate of drug-likeness (QED) is 0.673. The average molecular weight is 194 g/mol. The van der Waals surface area contributed by atoms with Crippen molar-refractivity contribution in [2.75, 3.05) is 6.54 Å². The number of nitrogens with one attached hydrogen (secondary N) is 1. The van der Waals surface area contributed by atoms with Crippen molar-refractivity contribution in [3.05, 3.63) is 0 Å². The monoisotopic (exact) mass is 194 g/mol. The van der Waals surface area contributed by atoms with Gasteiger partial charge in [-0.15, -0.1) is 12.3 Å². The molecule has 76 valence electrons. The standard InChI is InChI=1S/C10H14N2O2/c1-3-5-8(4-2)12-7-6-9(13)11-10(12)14/h1,8H,4-7H2,2H3,(H,11,13,14). The Morgan fingerprint density at radius 2 is 2.36 bits per heavy atom. The molecule has 3 amide bonds. The van der Waals surface area contributed by atoms with E-state index in [9.17, 15) is 9.59 Å². The second kappa shape index (κ2) is 4.66. The van der Waals surface area contributed by atoms with Gasteiger partial charge in [-0.2, -0.15) is 0 Å². The van der Waals surface area contributed by atoms with Crippen LogP contribution in [-0.2, 0) is 4.79 Å². The van der Waals surface area contributed by atoms with Gasteiger partial charge >= 0.3 is 6.03 Å². The third kappa shape index (κ3) is 2.25. The second-order valence-corrected chi connectivity index (χ2v) is 3.27. The number of hydrogen-bond donors (Lipinski definition) is 1. The molecule has 0 aromatic heterocycles. The van der Waals surface area contributed by atoms with Crippen LogP contribution in [0.3, 0.4) is 0 Å². The molecule has 0 spiro atoms. The first kappa shape index (κ1) is 10.6. The predicted octanol–water partition coefficient (Wildman–Crippen LogP) is 0.730. The maximum absolute atomic E-state index is 11.4. The summed E-state index contributed by atoms with van der Waals surface area (Å²) in [7, 11) is 0. The van der Waals surface area contributed by atoms with Gasteiger partial charge in [0.2, 0.25) is 5.91 Å². The minimum absolute atomic E-state index is 0.0492. The lowest BCUT2D eigenvalue weighted by molar-refractivity contribution is -0.121. The zero-order valence-corrected chi connectivity index (χ0v) is 8.25. The van der Waals surface area contributed by atoms with Crippen LogP contribution in [0.25, 0.3) is 0 Å². The van der Waals surface area contributed by atoms with Gasteiger partial charge in [-0.25, -0.2) is 4.79 Å². The fourth-order valence-electron chi connectivity index (χ4n) is 1.54. The first-order chi connectivity index (χ1) is 6.69. The Bertz CT molecular complexity index is 280. The molecule has 1 fully saturated rings. The van der Waals surface area contributed by atoms with Crippen LogP contribution in [0.1, 0.15) is 26.2 Å². The van der Waals surface area contributed by atoms with Crippen molar-refractivity contribution >= 4 is 11.9 Å². The van der Waals surface area contributed by atoms with E-state index >= 15 is 0 Å². The van der Waals surface area contributed by atoms with Gasteiger partial charge in [0.15, 0.2) is 0 Å². The molecule has 1 heterocycles. The molecule has 0 aromatic carbocycles. The largest absolute Gasteiger partial charge is 0.324 e. The molecule has 0 radical (unpaired) electrons. The lowest BCUT2D eigenvalue weighted by Crippen LogP contribution is -2.53. The van der Waals surface area contributed by atoms with Gasteiger partial charge in [0, 0.05) is 25.4 Å². The Morgan fingerprint density at radius 1 is 1.64 bits per heavy atom. The number of nitrogens with zero attached hydrogens (tertiary/aromatic N) is 1. The first-order valence-electron chi connectivity index (χ1n) is 4.73. The molecular formula is C10H14N2O2. The predicted molar refractivity (Wildman–Crippen MR) is 52.4 cm³/mol. The Labute approximate surface area is 83.6 Å². The maximum Gasteiger partial charge on any atom is 0.324 e. The third-order valence-electron chi connectivity index (χ3n) is 2.35. The Kier molecular flexibility index (Phi) is 3.52.